The van der Waals surface area contributed by atoms with E-state index in [1.807, 2.05) is 0 Å². The van der Waals surface area contributed by atoms with E-state index in [0.717, 1.165) is 19.3 Å². The van der Waals surface area contributed by atoms with Gasteiger partial charge in [-0.1, -0.05) is 0 Å². The molecule has 0 aliphatic heterocycles. The molecule has 0 heterocycles. The van der Waals surface area contributed by atoms with Crippen LogP contribution >= 0.6 is 11.6 Å². The highest BCUT2D eigenvalue weighted by molar-refractivity contribution is 6.20. The Kier molecular flexibility index (Phi) is 2.12. The SMILES string of the molecule is F[C@H]1CCC[C@@H](Cl)C1. The lowest BCUT2D eigenvalue weighted by Gasteiger charge is -2.18. The number of halogens is 2. The van der Waals surface area contributed by atoms with Crippen LogP contribution in [0.2, 0.25) is 0 Å². The maximum Gasteiger partial charge on any atom is 0.102 e. The first-order valence-electron chi connectivity index (χ1n) is 3.07. The minimum Gasteiger partial charge on any atom is -0.247 e. The molecule has 1 rings (SSSR count). The summed E-state index contributed by atoms with van der Waals surface area (Å²) in [5.41, 5.74) is 0. The highest BCUT2D eigenvalue weighted by atomic mass is 35.5. The zero-order valence-electron chi connectivity index (χ0n) is 4.74. The highest BCUT2D eigenvalue weighted by Gasteiger charge is 2.18. The third-order valence-electron chi connectivity index (χ3n) is 1.55. The fourth-order valence-corrected chi connectivity index (χ4v) is 1.42. The van der Waals surface area contributed by atoms with Crippen molar-refractivity contribution in [3.05, 3.63) is 0 Å². The van der Waals surface area contributed by atoms with Crippen LogP contribution < -0.4 is 0 Å². The first-order valence-corrected chi connectivity index (χ1v) is 3.51. The number of hydrogen-bond donors (Lipinski definition) is 0. The van der Waals surface area contributed by atoms with E-state index in [-0.39, 0.29) is 5.38 Å². The first kappa shape index (κ1) is 6.34. The highest BCUT2D eigenvalue weighted by Crippen LogP contribution is 2.24. The van der Waals surface area contributed by atoms with Crippen LogP contribution in [0, 0.1) is 0 Å². The average molecular weight is 137 g/mol. The molecule has 1 saturated carbocycles. The fraction of sp³-hybridized carbons (Fsp3) is 1.00. The number of hydrogen-bond acceptors (Lipinski definition) is 0. The summed E-state index contributed by atoms with van der Waals surface area (Å²) in [4.78, 5) is 0. The molecule has 0 N–H and O–H groups in total. The molecule has 1 aliphatic carbocycles. The molecule has 0 saturated heterocycles. The van der Waals surface area contributed by atoms with Crippen molar-refractivity contribution >= 4 is 11.6 Å². The van der Waals surface area contributed by atoms with Crippen molar-refractivity contribution in [1.29, 1.82) is 0 Å². The van der Waals surface area contributed by atoms with Crippen LogP contribution in [-0.2, 0) is 0 Å². The summed E-state index contributed by atoms with van der Waals surface area (Å²) in [6.45, 7) is 0. The Hall–Kier alpha value is 0.220. The standard InChI is InChI=1S/C6H10ClF/c7-5-2-1-3-6(8)4-5/h5-6H,1-4H2/t5-,6+/m1/s1. The fourth-order valence-electron chi connectivity index (χ4n) is 1.07. The van der Waals surface area contributed by atoms with Gasteiger partial charge in [0.05, 0.1) is 0 Å². The van der Waals surface area contributed by atoms with Gasteiger partial charge in [-0.15, -0.1) is 11.6 Å². The van der Waals surface area contributed by atoms with E-state index in [1.54, 1.807) is 0 Å². The normalized spacial score (nSPS) is 39.8. The van der Waals surface area contributed by atoms with Gasteiger partial charge in [0.15, 0.2) is 0 Å². The van der Waals surface area contributed by atoms with Crippen molar-refractivity contribution in [3.8, 4) is 0 Å². The molecule has 0 aromatic heterocycles. The molecular formula is C6H10ClF. The molecule has 48 valence electrons. The molecule has 8 heavy (non-hydrogen) atoms. The molecule has 0 amide bonds. The van der Waals surface area contributed by atoms with E-state index in [2.05, 4.69) is 0 Å². The summed E-state index contributed by atoms with van der Waals surface area (Å²) in [7, 11) is 0. The summed E-state index contributed by atoms with van der Waals surface area (Å²) < 4.78 is 12.3. The maximum atomic E-state index is 12.3. The van der Waals surface area contributed by atoms with Gasteiger partial charge >= 0.3 is 0 Å². The molecule has 1 aliphatic rings. The molecule has 0 unspecified atom stereocenters. The van der Waals surface area contributed by atoms with E-state index in [0.29, 0.717) is 6.42 Å². The number of rotatable bonds is 0. The summed E-state index contributed by atoms with van der Waals surface area (Å²) >= 11 is 5.67. The Balaban J connectivity index is 2.23. The Morgan fingerprint density at radius 3 is 2.50 bits per heavy atom. The van der Waals surface area contributed by atoms with E-state index in [4.69, 9.17) is 11.6 Å². The van der Waals surface area contributed by atoms with Crippen molar-refractivity contribution in [2.75, 3.05) is 0 Å². The Morgan fingerprint density at radius 2 is 2.12 bits per heavy atom. The second kappa shape index (κ2) is 2.67. The van der Waals surface area contributed by atoms with Gasteiger partial charge in [0.25, 0.3) is 0 Å². The monoisotopic (exact) mass is 136 g/mol. The molecule has 0 aromatic rings. The van der Waals surface area contributed by atoms with Gasteiger partial charge in [0.1, 0.15) is 6.17 Å². The lowest BCUT2D eigenvalue weighted by Crippen LogP contribution is -2.15. The lowest BCUT2D eigenvalue weighted by atomic mass is 9.99. The molecule has 2 heteroatoms. The maximum absolute atomic E-state index is 12.3. The van der Waals surface area contributed by atoms with Gasteiger partial charge in [0.2, 0.25) is 0 Å². The lowest BCUT2D eigenvalue weighted by molar-refractivity contribution is 0.254. The summed E-state index contributed by atoms with van der Waals surface area (Å²) in [5.74, 6) is 0. The van der Waals surface area contributed by atoms with Crippen LogP contribution in [0.1, 0.15) is 25.7 Å². The van der Waals surface area contributed by atoms with E-state index >= 15 is 0 Å². The van der Waals surface area contributed by atoms with Crippen molar-refractivity contribution in [3.63, 3.8) is 0 Å². The minimum atomic E-state index is -0.619. The Bertz CT molecular complexity index is 66.9. The largest absolute Gasteiger partial charge is 0.247 e. The predicted molar refractivity (Wildman–Crippen MR) is 33.0 cm³/mol. The first-order chi connectivity index (χ1) is 3.79. The second-order valence-corrected chi connectivity index (χ2v) is 2.98. The zero-order valence-corrected chi connectivity index (χ0v) is 5.49. The molecule has 2 atom stereocenters. The minimum absolute atomic E-state index is 0.110. The quantitative estimate of drug-likeness (QED) is 0.449. The second-order valence-electron chi connectivity index (χ2n) is 2.36. The van der Waals surface area contributed by atoms with Crippen LogP contribution in [0.3, 0.4) is 0 Å². The Morgan fingerprint density at radius 1 is 1.38 bits per heavy atom. The van der Waals surface area contributed by atoms with Gasteiger partial charge in [0, 0.05) is 5.38 Å². The van der Waals surface area contributed by atoms with Gasteiger partial charge in [-0.25, -0.2) is 4.39 Å². The van der Waals surface area contributed by atoms with Crippen LogP contribution in [0.5, 0.6) is 0 Å². The molecule has 0 spiro atoms. The third kappa shape index (κ3) is 1.62. The molecule has 0 bridgehead atoms. The summed E-state index contributed by atoms with van der Waals surface area (Å²) in [6.07, 6.45) is 2.65. The number of alkyl halides is 2. The van der Waals surface area contributed by atoms with Crippen LogP contribution in [0.15, 0.2) is 0 Å². The topological polar surface area (TPSA) is 0 Å². The molecule has 1 fully saturated rings. The van der Waals surface area contributed by atoms with Crippen molar-refractivity contribution in [1.82, 2.24) is 0 Å². The summed E-state index contributed by atoms with van der Waals surface area (Å²) in [5, 5.41) is 0.110. The van der Waals surface area contributed by atoms with Gasteiger partial charge in [-0.05, 0) is 25.7 Å². The molecular weight excluding hydrogens is 127 g/mol. The van der Waals surface area contributed by atoms with E-state index < -0.39 is 6.17 Å². The van der Waals surface area contributed by atoms with Gasteiger partial charge in [-0.2, -0.15) is 0 Å². The van der Waals surface area contributed by atoms with E-state index in [9.17, 15) is 4.39 Å². The van der Waals surface area contributed by atoms with Crippen LogP contribution in [0.4, 0.5) is 4.39 Å². The van der Waals surface area contributed by atoms with Crippen molar-refractivity contribution in [2.45, 2.75) is 37.2 Å². The Labute approximate surface area is 54.0 Å². The third-order valence-corrected chi connectivity index (χ3v) is 1.94. The van der Waals surface area contributed by atoms with Crippen molar-refractivity contribution in [2.24, 2.45) is 0 Å². The van der Waals surface area contributed by atoms with Crippen LogP contribution in [-0.4, -0.2) is 11.5 Å². The molecule has 0 radical (unpaired) electrons. The summed E-state index contributed by atoms with van der Waals surface area (Å²) in [6, 6.07) is 0. The van der Waals surface area contributed by atoms with Gasteiger partial charge < -0.3 is 0 Å². The van der Waals surface area contributed by atoms with Crippen molar-refractivity contribution < 1.29 is 4.39 Å². The smallest absolute Gasteiger partial charge is 0.102 e. The van der Waals surface area contributed by atoms with Gasteiger partial charge in [-0.3, -0.25) is 0 Å². The predicted octanol–water partition coefficient (Wildman–Crippen LogP) is 2.51. The zero-order chi connectivity index (χ0) is 5.98. The molecule has 0 nitrogen and oxygen atoms in total. The van der Waals surface area contributed by atoms with Crippen LogP contribution in [0.25, 0.3) is 0 Å². The molecule has 0 aromatic carbocycles. The average Bonchev–Trinajstić information content (AvgIpc) is 1.64. The van der Waals surface area contributed by atoms with E-state index in [1.165, 1.54) is 0 Å².